The van der Waals surface area contributed by atoms with Gasteiger partial charge in [0.1, 0.15) is 11.5 Å². The van der Waals surface area contributed by atoms with Crippen LogP contribution in [0.15, 0.2) is 58.2 Å². The Morgan fingerprint density at radius 3 is 2.69 bits per heavy atom. The highest BCUT2D eigenvalue weighted by molar-refractivity contribution is 6.03. The van der Waals surface area contributed by atoms with Crippen LogP contribution in [0.1, 0.15) is 30.0 Å². The van der Waals surface area contributed by atoms with Gasteiger partial charge in [-0.2, -0.15) is 5.10 Å². The van der Waals surface area contributed by atoms with Gasteiger partial charge in [-0.15, -0.1) is 0 Å². The molecule has 1 aromatic heterocycles. The van der Waals surface area contributed by atoms with Gasteiger partial charge in [-0.05, 0) is 55.0 Å². The highest BCUT2D eigenvalue weighted by atomic mass is 16.5. The second-order valence-electron chi connectivity index (χ2n) is 5.40. The maximum atomic E-state index is 11.9. The van der Waals surface area contributed by atoms with Gasteiger partial charge < -0.3 is 13.9 Å². The van der Waals surface area contributed by atoms with Crippen molar-refractivity contribution in [1.82, 2.24) is 5.43 Å². The number of nitrogens with zero attached hydrogens (tertiary/aromatic N) is 1. The van der Waals surface area contributed by atoms with Crippen molar-refractivity contribution in [3.05, 3.63) is 60.1 Å². The van der Waals surface area contributed by atoms with Crippen LogP contribution in [-0.4, -0.2) is 25.3 Å². The number of benzene rings is 2. The Morgan fingerprint density at radius 2 is 1.96 bits per heavy atom. The summed E-state index contributed by atoms with van der Waals surface area (Å²) in [5.41, 5.74) is 3.23. The SMILES string of the molecule is CCOc1ccc2ccc(OCC)c(/C=N\NC(=O)c3ccco3)c2c1. The quantitative estimate of drug-likeness (QED) is 0.515. The minimum absolute atomic E-state index is 0.198. The van der Waals surface area contributed by atoms with Gasteiger partial charge in [0, 0.05) is 5.56 Å². The first-order chi connectivity index (χ1) is 12.7. The molecule has 6 nitrogen and oxygen atoms in total. The fourth-order valence-corrected chi connectivity index (χ4v) is 2.59. The molecule has 1 N–H and O–H groups in total. The lowest BCUT2D eigenvalue weighted by atomic mass is 10.0. The Balaban J connectivity index is 1.94. The number of carbonyl (C=O) groups excluding carboxylic acids is 1. The van der Waals surface area contributed by atoms with Gasteiger partial charge in [0.2, 0.25) is 0 Å². The molecule has 0 aliphatic heterocycles. The second kappa shape index (κ2) is 8.20. The molecule has 0 saturated heterocycles. The van der Waals surface area contributed by atoms with Gasteiger partial charge in [0.15, 0.2) is 5.76 Å². The van der Waals surface area contributed by atoms with Crippen molar-refractivity contribution in [2.24, 2.45) is 5.10 Å². The first-order valence-electron chi connectivity index (χ1n) is 8.42. The van der Waals surface area contributed by atoms with Crippen molar-refractivity contribution >= 4 is 22.9 Å². The molecule has 2 aromatic carbocycles. The van der Waals surface area contributed by atoms with Crippen molar-refractivity contribution in [2.45, 2.75) is 13.8 Å². The molecular formula is C20H20N2O4. The van der Waals surface area contributed by atoms with Gasteiger partial charge in [-0.25, -0.2) is 5.43 Å². The topological polar surface area (TPSA) is 73.1 Å². The minimum atomic E-state index is -0.417. The van der Waals surface area contributed by atoms with Gasteiger partial charge in [0.25, 0.3) is 0 Å². The molecule has 0 unspecified atom stereocenters. The number of nitrogens with one attached hydrogen (secondary N) is 1. The van der Waals surface area contributed by atoms with E-state index in [9.17, 15) is 4.79 Å². The maximum Gasteiger partial charge on any atom is 0.307 e. The summed E-state index contributed by atoms with van der Waals surface area (Å²) in [6.07, 6.45) is 3.01. The zero-order valence-corrected chi connectivity index (χ0v) is 14.7. The standard InChI is InChI=1S/C20H20N2O4/c1-3-24-15-9-7-14-8-10-18(25-4-2)17(16(14)12-15)13-21-22-20(23)19-6-5-11-26-19/h5-13H,3-4H2,1-2H3,(H,22,23)/b21-13-. The molecule has 0 fully saturated rings. The lowest BCUT2D eigenvalue weighted by Gasteiger charge is -2.11. The number of furan rings is 1. The Hall–Kier alpha value is -3.28. The van der Waals surface area contributed by atoms with E-state index in [-0.39, 0.29) is 5.76 Å². The van der Waals surface area contributed by atoms with Crippen molar-refractivity contribution in [2.75, 3.05) is 13.2 Å². The molecule has 0 spiro atoms. The van der Waals surface area contributed by atoms with E-state index in [1.807, 2.05) is 44.2 Å². The van der Waals surface area contributed by atoms with Crippen LogP contribution < -0.4 is 14.9 Å². The summed E-state index contributed by atoms with van der Waals surface area (Å²) in [5.74, 6) is 1.23. The molecule has 0 aliphatic rings. The van der Waals surface area contributed by atoms with Crippen molar-refractivity contribution in [3.8, 4) is 11.5 Å². The Morgan fingerprint density at radius 1 is 1.15 bits per heavy atom. The number of hydrogen-bond donors (Lipinski definition) is 1. The molecule has 1 amide bonds. The summed E-state index contributed by atoms with van der Waals surface area (Å²) in [5, 5.41) is 6.01. The van der Waals surface area contributed by atoms with Crippen LogP contribution in [0.2, 0.25) is 0 Å². The second-order valence-corrected chi connectivity index (χ2v) is 5.40. The van der Waals surface area contributed by atoms with Gasteiger partial charge in [0.05, 0.1) is 25.7 Å². The summed E-state index contributed by atoms with van der Waals surface area (Å²) >= 11 is 0. The molecule has 0 saturated carbocycles. The molecule has 0 bridgehead atoms. The highest BCUT2D eigenvalue weighted by Gasteiger charge is 2.10. The Bertz CT molecular complexity index is 912. The zero-order valence-electron chi connectivity index (χ0n) is 14.7. The normalized spacial score (nSPS) is 11.0. The number of hydrazone groups is 1. The predicted molar refractivity (Wildman–Crippen MR) is 100 cm³/mol. The Labute approximate surface area is 151 Å². The molecule has 6 heteroatoms. The van der Waals surface area contributed by atoms with Crippen LogP contribution in [0.5, 0.6) is 11.5 Å². The third kappa shape index (κ3) is 3.85. The summed E-state index contributed by atoms with van der Waals surface area (Å²) in [4.78, 5) is 11.9. The largest absolute Gasteiger partial charge is 0.494 e. The summed E-state index contributed by atoms with van der Waals surface area (Å²) in [6, 6.07) is 12.9. The number of hydrogen-bond acceptors (Lipinski definition) is 5. The molecule has 0 atom stereocenters. The third-order valence-corrected chi connectivity index (χ3v) is 3.71. The number of amides is 1. The van der Waals surface area contributed by atoms with Crippen LogP contribution in [0, 0.1) is 0 Å². The van der Waals surface area contributed by atoms with E-state index >= 15 is 0 Å². The minimum Gasteiger partial charge on any atom is -0.494 e. The highest BCUT2D eigenvalue weighted by Crippen LogP contribution is 2.30. The number of ether oxygens (including phenoxy) is 2. The van der Waals surface area contributed by atoms with E-state index < -0.39 is 5.91 Å². The van der Waals surface area contributed by atoms with Crippen molar-refractivity contribution < 1.29 is 18.7 Å². The van der Waals surface area contributed by atoms with Crippen molar-refractivity contribution in [1.29, 1.82) is 0 Å². The summed E-state index contributed by atoms with van der Waals surface area (Å²) < 4.78 is 16.4. The summed E-state index contributed by atoms with van der Waals surface area (Å²) in [7, 11) is 0. The fourth-order valence-electron chi connectivity index (χ4n) is 2.59. The maximum absolute atomic E-state index is 11.9. The van der Waals surface area contributed by atoms with Crippen LogP contribution >= 0.6 is 0 Å². The number of rotatable bonds is 7. The molecule has 3 aromatic rings. The van der Waals surface area contributed by atoms with E-state index in [1.165, 1.54) is 6.26 Å². The molecule has 1 heterocycles. The van der Waals surface area contributed by atoms with Crippen LogP contribution in [-0.2, 0) is 0 Å². The van der Waals surface area contributed by atoms with E-state index in [1.54, 1.807) is 18.3 Å². The zero-order chi connectivity index (χ0) is 18.4. The first-order valence-corrected chi connectivity index (χ1v) is 8.42. The average molecular weight is 352 g/mol. The number of carbonyl (C=O) groups is 1. The lowest BCUT2D eigenvalue weighted by Crippen LogP contribution is -2.16. The lowest BCUT2D eigenvalue weighted by molar-refractivity contribution is 0.0927. The first kappa shape index (κ1) is 17.5. The molecule has 0 aliphatic carbocycles. The summed E-state index contributed by atoms with van der Waals surface area (Å²) in [6.45, 7) is 4.96. The van der Waals surface area contributed by atoms with E-state index in [2.05, 4.69) is 10.5 Å². The van der Waals surface area contributed by atoms with Crippen LogP contribution in [0.25, 0.3) is 10.8 Å². The monoisotopic (exact) mass is 352 g/mol. The van der Waals surface area contributed by atoms with Crippen molar-refractivity contribution in [3.63, 3.8) is 0 Å². The number of fused-ring (bicyclic) bond motifs is 1. The molecule has 3 rings (SSSR count). The third-order valence-electron chi connectivity index (χ3n) is 3.71. The predicted octanol–water partition coefficient (Wildman–Crippen LogP) is 3.99. The van der Waals surface area contributed by atoms with Crippen LogP contribution in [0.3, 0.4) is 0 Å². The average Bonchev–Trinajstić information content (AvgIpc) is 3.18. The molecule has 0 radical (unpaired) electrons. The van der Waals surface area contributed by atoms with Crippen LogP contribution in [0.4, 0.5) is 0 Å². The Kier molecular flexibility index (Phi) is 5.53. The van der Waals surface area contributed by atoms with Gasteiger partial charge in [-0.1, -0.05) is 12.1 Å². The molecule has 26 heavy (non-hydrogen) atoms. The van der Waals surface area contributed by atoms with E-state index in [4.69, 9.17) is 13.9 Å². The van der Waals surface area contributed by atoms with Gasteiger partial charge in [-0.3, -0.25) is 4.79 Å². The smallest absolute Gasteiger partial charge is 0.307 e. The fraction of sp³-hybridized carbons (Fsp3) is 0.200. The van der Waals surface area contributed by atoms with Gasteiger partial charge >= 0.3 is 5.91 Å². The van der Waals surface area contributed by atoms with E-state index in [0.29, 0.717) is 19.0 Å². The molecule has 134 valence electrons. The molecular weight excluding hydrogens is 332 g/mol. The van der Waals surface area contributed by atoms with E-state index in [0.717, 1.165) is 22.1 Å².